The molecule has 1 aliphatic carbocycles. The summed E-state index contributed by atoms with van der Waals surface area (Å²) in [5, 5.41) is 37.9. The minimum absolute atomic E-state index is 0.316. The standard InChI is InChI=1S/C23H25N7O4/c31-10-16-18(32)19(33)22(34-16)30-11-25-17-20(26-13-4-1-5-13)28-23(29-21(17)30)27-14-6-7-15-12(9-14)3-2-8-24-15/h2-3,6-9,11,13,16,18-19,22,31-33H,1,4-5,10H2,(H2,26,27,28,29). The molecule has 4 aromatic rings. The van der Waals surface area contributed by atoms with Crippen LogP contribution in [0.15, 0.2) is 42.9 Å². The molecule has 11 nitrogen and oxygen atoms in total. The minimum atomic E-state index is -1.24. The van der Waals surface area contributed by atoms with Crippen LogP contribution in [0, 0.1) is 0 Å². The van der Waals surface area contributed by atoms with Gasteiger partial charge in [-0.25, -0.2) is 4.98 Å². The number of aliphatic hydroxyl groups is 3. The largest absolute Gasteiger partial charge is 0.394 e. The van der Waals surface area contributed by atoms with Gasteiger partial charge in [0.05, 0.1) is 18.5 Å². The Morgan fingerprint density at radius 3 is 2.74 bits per heavy atom. The van der Waals surface area contributed by atoms with Gasteiger partial charge in [0.2, 0.25) is 5.95 Å². The number of ether oxygens (including phenoxy) is 1. The molecule has 2 fully saturated rings. The lowest BCUT2D eigenvalue weighted by Gasteiger charge is -2.27. The Morgan fingerprint density at radius 1 is 1.09 bits per heavy atom. The number of anilines is 3. The van der Waals surface area contributed by atoms with Crippen LogP contribution in [0.25, 0.3) is 22.1 Å². The number of hydrogen-bond donors (Lipinski definition) is 5. The van der Waals surface area contributed by atoms with Crippen molar-refractivity contribution in [3.05, 3.63) is 42.9 Å². The molecule has 4 heterocycles. The van der Waals surface area contributed by atoms with E-state index < -0.39 is 31.1 Å². The highest BCUT2D eigenvalue weighted by atomic mass is 16.6. The van der Waals surface area contributed by atoms with E-state index in [4.69, 9.17) is 4.74 Å². The van der Waals surface area contributed by atoms with Crippen LogP contribution < -0.4 is 10.6 Å². The smallest absolute Gasteiger partial charge is 0.231 e. The van der Waals surface area contributed by atoms with Crippen molar-refractivity contribution in [2.24, 2.45) is 0 Å². The van der Waals surface area contributed by atoms with Crippen LogP contribution in [0.4, 0.5) is 17.5 Å². The number of nitrogens with zero attached hydrogens (tertiary/aromatic N) is 5. The van der Waals surface area contributed by atoms with E-state index in [1.54, 1.807) is 10.8 Å². The van der Waals surface area contributed by atoms with Crippen LogP contribution in [0.5, 0.6) is 0 Å². The third-order valence-corrected chi connectivity index (χ3v) is 6.52. The van der Waals surface area contributed by atoms with Crippen molar-refractivity contribution in [1.29, 1.82) is 0 Å². The molecule has 0 amide bonds. The molecule has 1 saturated carbocycles. The van der Waals surface area contributed by atoms with E-state index in [1.165, 1.54) is 12.7 Å². The highest BCUT2D eigenvalue weighted by Gasteiger charge is 2.44. The second-order valence-electron chi connectivity index (χ2n) is 8.76. The fourth-order valence-electron chi connectivity index (χ4n) is 4.40. The molecule has 1 saturated heterocycles. The second-order valence-corrected chi connectivity index (χ2v) is 8.76. The van der Waals surface area contributed by atoms with E-state index in [0.29, 0.717) is 29.0 Å². The van der Waals surface area contributed by atoms with Crippen LogP contribution in [0.1, 0.15) is 25.5 Å². The summed E-state index contributed by atoms with van der Waals surface area (Å²) in [6.07, 6.45) is 2.25. The SMILES string of the molecule is OCC1OC(n2cnc3c(NC4CCC4)nc(Nc4ccc5ncccc5c4)nc32)C(O)C1O. The average molecular weight is 463 g/mol. The van der Waals surface area contributed by atoms with Gasteiger partial charge in [-0.1, -0.05) is 6.07 Å². The van der Waals surface area contributed by atoms with Crippen LogP contribution in [0.3, 0.4) is 0 Å². The molecule has 4 unspecified atom stereocenters. The Hall–Kier alpha value is -3.38. The number of nitrogens with one attached hydrogen (secondary N) is 2. The maximum Gasteiger partial charge on any atom is 0.231 e. The van der Waals surface area contributed by atoms with Crippen molar-refractivity contribution < 1.29 is 20.1 Å². The average Bonchev–Trinajstić information content (AvgIpc) is 3.37. The summed E-state index contributed by atoms with van der Waals surface area (Å²) in [7, 11) is 0. The molecular formula is C23H25N7O4. The Balaban J connectivity index is 1.40. The van der Waals surface area contributed by atoms with Gasteiger partial charge < -0.3 is 30.7 Å². The number of aromatic nitrogens is 5. The van der Waals surface area contributed by atoms with Gasteiger partial charge in [-0.05, 0) is 43.5 Å². The van der Waals surface area contributed by atoms with Crippen LogP contribution >= 0.6 is 0 Å². The zero-order valence-corrected chi connectivity index (χ0v) is 18.2. The zero-order chi connectivity index (χ0) is 23.2. The first-order valence-electron chi connectivity index (χ1n) is 11.4. The van der Waals surface area contributed by atoms with Crippen molar-refractivity contribution in [3.8, 4) is 0 Å². The van der Waals surface area contributed by atoms with Gasteiger partial charge in [0.25, 0.3) is 0 Å². The Bertz CT molecular complexity index is 1340. The van der Waals surface area contributed by atoms with E-state index in [1.807, 2.05) is 30.3 Å². The Labute approximate surface area is 194 Å². The molecule has 0 bridgehead atoms. The highest BCUT2D eigenvalue weighted by molar-refractivity contribution is 5.86. The van der Waals surface area contributed by atoms with Crippen LogP contribution in [-0.4, -0.2) is 70.8 Å². The van der Waals surface area contributed by atoms with Gasteiger partial charge >= 0.3 is 0 Å². The van der Waals surface area contributed by atoms with Crippen molar-refractivity contribution in [3.63, 3.8) is 0 Å². The third-order valence-electron chi connectivity index (χ3n) is 6.52. The first-order chi connectivity index (χ1) is 16.6. The van der Waals surface area contributed by atoms with Crippen LogP contribution in [-0.2, 0) is 4.74 Å². The predicted octanol–water partition coefficient (Wildman–Crippen LogP) is 1.69. The zero-order valence-electron chi connectivity index (χ0n) is 18.2. The number of benzene rings is 1. The normalized spacial score (nSPS) is 25.0. The van der Waals surface area contributed by atoms with Gasteiger partial charge in [-0.2, -0.15) is 9.97 Å². The van der Waals surface area contributed by atoms with E-state index in [2.05, 4.69) is 30.6 Å². The van der Waals surface area contributed by atoms with Crippen molar-refractivity contribution in [2.45, 2.75) is 49.8 Å². The quantitative estimate of drug-likeness (QED) is 0.286. The first kappa shape index (κ1) is 21.2. The summed E-state index contributed by atoms with van der Waals surface area (Å²) in [6, 6.07) is 9.99. The molecular weight excluding hydrogens is 438 g/mol. The number of fused-ring (bicyclic) bond motifs is 2. The van der Waals surface area contributed by atoms with Gasteiger partial charge in [-0.3, -0.25) is 9.55 Å². The molecule has 0 radical (unpaired) electrons. The molecule has 0 spiro atoms. The lowest BCUT2D eigenvalue weighted by atomic mass is 9.93. The predicted molar refractivity (Wildman–Crippen MR) is 125 cm³/mol. The van der Waals surface area contributed by atoms with Crippen molar-refractivity contribution >= 4 is 39.5 Å². The molecule has 1 aliphatic heterocycles. The molecule has 3 aromatic heterocycles. The van der Waals surface area contributed by atoms with Crippen LogP contribution in [0.2, 0.25) is 0 Å². The molecule has 176 valence electrons. The number of pyridine rings is 1. The van der Waals surface area contributed by atoms with E-state index in [-0.39, 0.29) is 0 Å². The van der Waals surface area contributed by atoms with E-state index >= 15 is 0 Å². The third kappa shape index (κ3) is 3.62. The van der Waals surface area contributed by atoms with E-state index in [9.17, 15) is 15.3 Å². The van der Waals surface area contributed by atoms with E-state index in [0.717, 1.165) is 29.4 Å². The van der Waals surface area contributed by atoms with Crippen molar-refractivity contribution in [2.75, 3.05) is 17.2 Å². The molecule has 2 aliphatic rings. The topological polar surface area (TPSA) is 150 Å². The maximum atomic E-state index is 10.5. The lowest BCUT2D eigenvalue weighted by Crippen LogP contribution is -2.33. The fourth-order valence-corrected chi connectivity index (χ4v) is 4.40. The summed E-state index contributed by atoms with van der Waals surface area (Å²) >= 11 is 0. The number of imidazole rings is 1. The molecule has 1 aromatic carbocycles. The highest BCUT2D eigenvalue weighted by Crippen LogP contribution is 2.34. The Kier molecular flexibility index (Phi) is 5.26. The first-order valence-corrected chi connectivity index (χ1v) is 11.4. The molecule has 5 N–H and O–H groups in total. The van der Waals surface area contributed by atoms with Gasteiger partial charge in [0.1, 0.15) is 18.3 Å². The molecule has 34 heavy (non-hydrogen) atoms. The number of rotatable bonds is 6. The van der Waals surface area contributed by atoms with Gasteiger partial charge in [0.15, 0.2) is 23.2 Å². The summed E-state index contributed by atoms with van der Waals surface area (Å²) in [4.78, 5) is 18.2. The number of aliphatic hydroxyl groups excluding tert-OH is 3. The monoisotopic (exact) mass is 463 g/mol. The summed E-state index contributed by atoms with van der Waals surface area (Å²) in [5.74, 6) is 0.941. The van der Waals surface area contributed by atoms with Crippen molar-refractivity contribution in [1.82, 2.24) is 24.5 Å². The summed E-state index contributed by atoms with van der Waals surface area (Å²) < 4.78 is 7.28. The minimum Gasteiger partial charge on any atom is -0.394 e. The van der Waals surface area contributed by atoms with Gasteiger partial charge in [0, 0.05) is 23.3 Å². The lowest BCUT2D eigenvalue weighted by molar-refractivity contribution is -0.0511. The Morgan fingerprint density at radius 2 is 1.97 bits per heavy atom. The fraction of sp³-hybridized carbons (Fsp3) is 0.391. The molecule has 11 heteroatoms. The summed E-state index contributed by atoms with van der Waals surface area (Å²) in [5.41, 5.74) is 2.67. The summed E-state index contributed by atoms with van der Waals surface area (Å²) in [6.45, 7) is -0.408. The molecule has 4 atom stereocenters. The molecule has 6 rings (SSSR count). The van der Waals surface area contributed by atoms with Gasteiger partial charge in [-0.15, -0.1) is 0 Å². The second kappa shape index (κ2) is 8.44. The number of hydrogen-bond acceptors (Lipinski definition) is 10. The maximum absolute atomic E-state index is 10.5.